The number of fused-ring (bicyclic) bond motifs is 1. The van der Waals surface area contributed by atoms with Crippen LogP contribution in [0.1, 0.15) is 31.7 Å². The molecule has 1 atom stereocenters. The van der Waals surface area contributed by atoms with Crippen LogP contribution < -0.4 is 10.1 Å². The summed E-state index contributed by atoms with van der Waals surface area (Å²) in [7, 11) is 0. The second kappa shape index (κ2) is 5.17. The summed E-state index contributed by atoms with van der Waals surface area (Å²) in [5.74, 6) is 1.05. The lowest BCUT2D eigenvalue weighted by Gasteiger charge is -2.26. The van der Waals surface area contributed by atoms with Crippen LogP contribution in [0.2, 0.25) is 0 Å². The summed E-state index contributed by atoms with van der Waals surface area (Å²) in [5.41, 5.74) is 1.34. The van der Waals surface area contributed by atoms with Crippen molar-refractivity contribution in [1.29, 1.82) is 0 Å². The predicted molar refractivity (Wildman–Crippen MR) is 62.1 cm³/mol. The molecule has 1 N–H and O–H groups in total. The van der Waals surface area contributed by atoms with Crippen molar-refractivity contribution in [2.24, 2.45) is 0 Å². The molecule has 1 unspecified atom stereocenters. The number of unbranched alkanes of at least 4 members (excludes halogenated alkanes) is 1. The molecule has 1 aliphatic heterocycles. The van der Waals surface area contributed by atoms with E-state index in [2.05, 4.69) is 30.4 Å². The first kappa shape index (κ1) is 10.5. The minimum Gasteiger partial charge on any atom is -0.475 e. The molecule has 0 amide bonds. The van der Waals surface area contributed by atoms with Gasteiger partial charge in [-0.3, -0.25) is 5.32 Å². The van der Waals surface area contributed by atoms with Gasteiger partial charge >= 0.3 is 0 Å². The number of nitrogens with one attached hydrogen (secondary N) is 1. The highest BCUT2D eigenvalue weighted by molar-refractivity contribution is 5.34. The molecule has 2 rings (SSSR count). The fourth-order valence-corrected chi connectivity index (χ4v) is 1.91. The lowest BCUT2D eigenvalue weighted by atomic mass is 10.1. The molecule has 82 valence electrons. The predicted octanol–water partition coefficient (Wildman–Crippen LogP) is 2.73. The van der Waals surface area contributed by atoms with Gasteiger partial charge in [-0.05, 0) is 31.0 Å². The number of hydrogen-bond acceptors (Lipinski definition) is 2. The highest BCUT2D eigenvalue weighted by Gasteiger charge is 2.17. The second-order valence-electron chi connectivity index (χ2n) is 4.06. The molecule has 15 heavy (non-hydrogen) atoms. The largest absolute Gasteiger partial charge is 0.475 e. The number of hydrogen-bond donors (Lipinski definition) is 1. The van der Waals surface area contributed by atoms with Crippen molar-refractivity contribution in [3.63, 3.8) is 0 Å². The van der Waals surface area contributed by atoms with E-state index in [1.54, 1.807) is 0 Å². The van der Waals surface area contributed by atoms with Crippen molar-refractivity contribution in [2.45, 2.75) is 38.8 Å². The van der Waals surface area contributed by atoms with Crippen LogP contribution in [0.4, 0.5) is 0 Å². The van der Waals surface area contributed by atoms with Gasteiger partial charge in [0.15, 0.2) is 6.23 Å². The number of ether oxygens (including phenoxy) is 1. The zero-order chi connectivity index (χ0) is 10.5. The van der Waals surface area contributed by atoms with Gasteiger partial charge in [-0.15, -0.1) is 0 Å². The average Bonchev–Trinajstić information content (AvgIpc) is 2.29. The Bertz CT molecular complexity index is 311. The molecule has 0 saturated carbocycles. The Morgan fingerprint density at radius 2 is 2.27 bits per heavy atom. The van der Waals surface area contributed by atoms with Crippen molar-refractivity contribution in [3.8, 4) is 5.75 Å². The van der Waals surface area contributed by atoms with E-state index in [0.717, 1.165) is 25.1 Å². The Balaban J connectivity index is 1.88. The van der Waals surface area contributed by atoms with E-state index >= 15 is 0 Å². The first-order valence-electron chi connectivity index (χ1n) is 5.88. The van der Waals surface area contributed by atoms with Crippen molar-refractivity contribution >= 4 is 0 Å². The van der Waals surface area contributed by atoms with Gasteiger partial charge in [0.05, 0.1) is 0 Å². The van der Waals surface area contributed by atoms with Crippen LogP contribution in [0.5, 0.6) is 5.75 Å². The molecular weight excluding hydrogens is 186 g/mol. The summed E-state index contributed by atoms with van der Waals surface area (Å²) < 4.78 is 5.87. The summed E-state index contributed by atoms with van der Waals surface area (Å²) >= 11 is 0. The molecule has 1 aromatic carbocycles. The van der Waals surface area contributed by atoms with E-state index in [0.29, 0.717) is 0 Å². The molecule has 0 fully saturated rings. The van der Waals surface area contributed by atoms with Crippen LogP contribution in [0.3, 0.4) is 0 Å². The smallest absolute Gasteiger partial charge is 0.150 e. The molecule has 0 spiro atoms. The maximum Gasteiger partial charge on any atom is 0.150 e. The Morgan fingerprint density at radius 1 is 1.40 bits per heavy atom. The Hall–Kier alpha value is -1.02. The summed E-state index contributed by atoms with van der Waals surface area (Å²) in [4.78, 5) is 0. The molecule has 0 aromatic heterocycles. The molecule has 1 aliphatic rings. The van der Waals surface area contributed by atoms with E-state index in [1.165, 1.54) is 18.4 Å². The monoisotopic (exact) mass is 205 g/mol. The number of para-hydroxylation sites is 1. The minimum absolute atomic E-state index is 0.214. The standard InChI is InChI=1S/C13H19NO/c1-2-3-10-14-13-9-8-11-6-4-5-7-12(11)15-13/h4-7,13-14H,2-3,8-10H2,1H3. The zero-order valence-corrected chi connectivity index (χ0v) is 9.33. The molecule has 0 saturated heterocycles. The van der Waals surface area contributed by atoms with Gasteiger partial charge < -0.3 is 4.74 Å². The Labute approximate surface area is 91.6 Å². The van der Waals surface area contributed by atoms with Gasteiger partial charge in [0.2, 0.25) is 0 Å². The lowest BCUT2D eigenvalue weighted by molar-refractivity contribution is 0.138. The van der Waals surface area contributed by atoms with Gasteiger partial charge in [0.1, 0.15) is 5.75 Å². The molecule has 0 aliphatic carbocycles. The normalized spacial score (nSPS) is 19.4. The minimum atomic E-state index is 0.214. The average molecular weight is 205 g/mol. The molecule has 1 heterocycles. The van der Waals surface area contributed by atoms with Crippen LogP contribution in [0, 0.1) is 0 Å². The quantitative estimate of drug-likeness (QED) is 0.763. The summed E-state index contributed by atoms with van der Waals surface area (Å²) in [6.45, 7) is 3.27. The fraction of sp³-hybridized carbons (Fsp3) is 0.538. The first-order chi connectivity index (χ1) is 7.40. The SMILES string of the molecule is CCCCNC1CCc2ccccc2O1. The third-order valence-corrected chi connectivity index (χ3v) is 2.82. The van der Waals surface area contributed by atoms with Crippen molar-refractivity contribution in [2.75, 3.05) is 6.54 Å². The van der Waals surface area contributed by atoms with Crippen LogP contribution in [-0.2, 0) is 6.42 Å². The van der Waals surface area contributed by atoms with Crippen LogP contribution in [-0.4, -0.2) is 12.8 Å². The Kier molecular flexibility index (Phi) is 3.62. The molecule has 2 heteroatoms. The van der Waals surface area contributed by atoms with Crippen LogP contribution in [0.25, 0.3) is 0 Å². The summed E-state index contributed by atoms with van der Waals surface area (Å²) in [5, 5.41) is 3.44. The summed E-state index contributed by atoms with van der Waals surface area (Å²) in [6, 6.07) is 8.32. The van der Waals surface area contributed by atoms with Gasteiger partial charge in [-0.1, -0.05) is 31.5 Å². The van der Waals surface area contributed by atoms with E-state index in [9.17, 15) is 0 Å². The van der Waals surface area contributed by atoms with Crippen LogP contribution in [0.15, 0.2) is 24.3 Å². The van der Waals surface area contributed by atoms with Gasteiger partial charge in [0, 0.05) is 6.42 Å². The molecule has 0 bridgehead atoms. The Morgan fingerprint density at radius 3 is 3.13 bits per heavy atom. The van der Waals surface area contributed by atoms with Crippen LogP contribution >= 0.6 is 0 Å². The van der Waals surface area contributed by atoms with Crippen molar-refractivity contribution in [3.05, 3.63) is 29.8 Å². The van der Waals surface area contributed by atoms with E-state index in [1.807, 2.05) is 6.07 Å². The van der Waals surface area contributed by atoms with E-state index in [4.69, 9.17) is 4.74 Å². The lowest BCUT2D eigenvalue weighted by Crippen LogP contribution is -2.37. The molecule has 2 nitrogen and oxygen atoms in total. The van der Waals surface area contributed by atoms with Gasteiger partial charge in [-0.2, -0.15) is 0 Å². The molecular formula is C13H19NO. The zero-order valence-electron chi connectivity index (χ0n) is 9.33. The number of benzene rings is 1. The van der Waals surface area contributed by atoms with E-state index in [-0.39, 0.29) is 6.23 Å². The van der Waals surface area contributed by atoms with Crippen molar-refractivity contribution in [1.82, 2.24) is 5.32 Å². The first-order valence-corrected chi connectivity index (χ1v) is 5.88. The van der Waals surface area contributed by atoms with Gasteiger partial charge in [0.25, 0.3) is 0 Å². The second-order valence-corrected chi connectivity index (χ2v) is 4.06. The third-order valence-electron chi connectivity index (χ3n) is 2.82. The number of rotatable bonds is 4. The maximum atomic E-state index is 5.87. The molecule has 1 aromatic rings. The maximum absolute atomic E-state index is 5.87. The fourth-order valence-electron chi connectivity index (χ4n) is 1.91. The topological polar surface area (TPSA) is 21.3 Å². The highest BCUT2D eigenvalue weighted by atomic mass is 16.5. The van der Waals surface area contributed by atoms with Gasteiger partial charge in [-0.25, -0.2) is 0 Å². The summed E-state index contributed by atoms with van der Waals surface area (Å²) in [6.07, 6.45) is 4.88. The number of aryl methyl sites for hydroxylation is 1. The highest BCUT2D eigenvalue weighted by Crippen LogP contribution is 2.25. The third kappa shape index (κ3) is 2.72. The van der Waals surface area contributed by atoms with Crippen molar-refractivity contribution < 1.29 is 4.74 Å². The molecule has 0 radical (unpaired) electrons. The van der Waals surface area contributed by atoms with E-state index < -0.39 is 0 Å².